The van der Waals surface area contributed by atoms with E-state index in [-0.39, 0.29) is 18.1 Å². The van der Waals surface area contributed by atoms with Crippen LogP contribution in [0, 0.1) is 0 Å². The maximum absolute atomic E-state index is 11.4. The summed E-state index contributed by atoms with van der Waals surface area (Å²) in [6.07, 6.45) is -1.73. The summed E-state index contributed by atoms with van der Waals surface area (Å²) < 4.78 is 9.56. The Balaban J connectivity index is 2.60. The summed E-state index contributed by atoms with van der Waals surface area (Å²) >= 11 is 0. The Morgan fingerprint density at radius 2 is 1.90 bits per heavy atom. The third-order valence-corrected chi connectivity index (χ3v) is 2.45. The van der Waals surface area contributed by atoms with E-state index in [4.69, 9.17) is 14.6 Å². The van der Waals surface area contributed by atoms with Crippen molar-refractivity contribution in [3.63, 3.8) is 0 Å². The predicted molar refractivity (Wildman–Crippen MR) is 63.3 cm³/mol. The number of carboxylic acid groups (broad SMARTS) is 2. The molecule has 0 aliphatic heterocycles. The van der Waals surface area contributed by atoms with Crippen molar-refractivity contribution in [3.8, 4) is 0 Å². The second kappa shape index (κ2) is 6.66. The number of carboxylic acids is 2. The zero-order valence-corrected chi connectivity index (χ0v) is 10.6. The molecule has 1 aromatic heterocycles. The molecule has 114 valence electrons. The van der Waals surface area contributed by atoms with Gasteiger partial charge in [-0.1, -0.05) is 0 Å². The van der Waals surface area contributed by atoms with Gasteiger partial charge in [0.05, 0.1) is 12.8 Å². The van der Waals surface area contributed by atoms with E-state index < -0.39 is 36.4 Å². The molecular formula is C12H12O9. The lowest BCUT2D eigenvalue weighted by Gasteiger charge is -2.19. The van der Waals surface area contributed by atoms with E-state index >= 15 is 0 Å². The molecule has 0 bridgehead atoms. The zero-order chi connectivity index (χ0) is 16.0. The van der Waals surface area contributed by atoms with E-state index in [1.54, 1.807) is 0 Å². The first-order valence-electron chi connectivity index (χ1n) is 5.64. The quantitative estimate of drug-likeness (QED) is 0.438. The number of ether oxygens (including phenoxy) is 1. The van der Waals surface area contributed by atoms with Gasteiger partial charge < -0.3 is 24.5 Å². The zero-order valence-electron chi connectivity index (χ0n) is 10.6. The number of hydrogen-bond donors (Lipinski definition) is 3. The van der Waals surface area contributed by atoms with Gasteiger partial charge in [0, 0.05) is 0 Å². The van der Waals surface area contributed by atoms with Crippen molar-refractivity contribution < 1.29 is 43.7 Å². The van der Waals surface area contributed by atoms with Crippen LogP contribution in [-0.4, -0.2) is 45.1 Å². The molecule has 1 unspecified atom stereocenters. The molecule has 0 aliphatic rings. The number of carbonyl (C=O) groups excluding carboxylic acids is 2. The lowest BCUT2D eigenvalue weighted by Crippen LogP contribution is -2.43. The van der Waals surface area contributed by atoms with E-state index in [0.717, 1.165) is 0 Å². The molecule has 9 heteroatoms. The monoisotopic (exact) mass is 300 g/mol. The summed E-state index contributed by atoms with van der Waals surface area (Å²) in [6, 6.07) is 2.71. The number of furan rings is 1. The Hall–Kier alpha value is -2.68. The number of esters is 1. The van der Waals surface area contributed by atoms with Crippen LogP contribution in [0.5, 0.6) is 0 Å². The smallest absolute Gasteiger partial charge is 0.336 e. The summed E-state index contributed by atoms with van der Waals surface area (Å²) in [5, 5.41) is 26.9. The van der Waals surface area contributed by atoms with Crippen LogP contribution in [0.4, 0.5) is 0 Å². The topological polar surface area (TPSA) is 151 Å². The number of carbonyl (C=O) groups is 4. The van der Waals surface area contributed by atoms with E-state index in [9.17, 15) is 24.3 Å². The Kier molecular flexibility index (Phi) is 5.19. The van der Waals surface area contributed by atoms with Gasteiger partial charge in [0.1, 0.15) is 12.4 Å². The Labute approximate surface area is 117 Å². The standard InChI is InChI=1S/C12H12O9/c13-5-7-1-2-8(21-7)6-20-10(16)4-12(19,11(17)18)3-9(14)15/h1-2,5,19H,3-4,6H2,(H,14,15)(H,17,18). The second-order valence-corrected chi connectivity index (χ2v) is 4.17. The van der Waals surface area contributed by atoms with Crippen LogP contribution in [0.2, 0.25) is 0 Å². The highest BCUT2D eigenvalue weighted by Crippen LogP contribution is 2.18. The fraction of sp³-hybridized carbons (Fsp3) is 0.333. The molecule has 9 nitrogen and oxygen atoms in total. The first kappa shape index (κ1) is 16.4. The van der Waals surface area contributed by atoms with E-state index in [1.807, 2.05) is 0 Å². The minimum Gasteiger partial charge on any atom is -0.481 e. The average molecular weight is 300 g/mol. The van der Waals surface area contributed by atoms with Crippen LogP contribution >= 0.6 is 0 Å². The van der Waals surface area contributed by atoms with Gasteiger partial charge in [-0.25, -0.2) is 4.79 Å². The highest BCUT2D eigenvalue weighted by atomic mass is 16.5. The lowest BCUT2D eigenvalue weighted by molar-refractivity contribution is -0.172. The highest BCUT2D eigenvalue weighted by molar-refractivity contribution is 5.88. The number of aldehydes is 1. The van der Waals surface area contributed by atoms with Crippen molar-refractivity contribution in [3.05, 3.63) is 23.7 Å². The summed E-state index contributed by atoms with van der Waals surface area (Å²) in [6.45, 7) is -0.380. The van der Waals surface area contributed by atoms with Gasteiger partial charge in [0.25, 0.3) is 0 Å². The van der Waals surface area contributed by atoms with Crippen molar-refractivity contribution >= 4 is 24.2 Å². The van der Waals surface area contributed by atoms with Crippen LogP contribution in [0.1, 0.15) is 29.2 Å². The molecule has 0 aliphatic carbocycles. The molecule has 0 fully saturated rings. The molecule has 1 rings (SSSR count). The molecule has 21 heavy (non-hydrogen) atoms. The minimum atomic E-state index is -2.75. The maximum Gasteiger partial charge on any atom is 0.336 e. The summed E-state index contributed by atoms with van der Waals surface area (Å²) in [7, 11) is 0. The van der Waals surface area contributed by atoms with Crippen molar-refractivity contribution in [2.75, 3.05) is 0 Å². The Morgan fingerprint density at radius 3 is 2.38 bits per heavy atom. The van der Waals surface area contributed by atoms with Gasteiger partial charge in [-0.05, 0) is 12.1 Å². The molecule has 0 saturated carbocycles. The van der Waals surface area contributed by atoms with Crippen LogP contribution in [0.15, 0.2) is 16.5 Å². The molecule has 1 atom stereocenters. The highest BCUT2D eigenvalue weighted by Gasteiger charge is 2.41. The number of aliphatic carboxylic acids is 2. The molecule has 3 N–H and O–H groups in total. The van der Waals surface area contributed by atoms with E-state index in [2.05, 4.69) is 4.74 Å². The second-order valence-electron chi connectivity index (χ2n) is 4.17. The van der Waals surface area contributed by atoms with Gasteiger partial charge in [-0.15, -0.1) is 0 Å². The summed E-state index contributed by atoms with van der Waals surface area (Å²) in [5.41, 5.74) is -2.75. The van der Waals surface area contributed by atoms with Crippen LogP contribution < -0.4 is 0 Å². The number of rotatable bonds is 8. The summed E-state index contributed by atoms with van der Waals surface area (Å²) in [4.78, 5) is 43.1. The lowest BCUT2D eigenvalue weighted by atomic mass is 9.96. The maximum atomic E-state index is 11.4. The number of hydrogen-bond acceptors (Lipinski definition) is 7. The van der Waals surface area contributed by atoms with Crippen LogP contribution in [0.25, 0.3) is 0 Å². The Bertz CT molecular complexity index is 559. The van der Waals surface area contributed by atoms with Crippen molar-refractivity contribution in [2.24, 2.45) is 0 Å². The average Bonchev–Trinajstić information content (AvgIpc) is 2.83. The largest absolute Gasteiger partial charge is 0.481 e. The molecule has 1 aromatic rings. The molecule has 0 saturated heterocycles. The third-order valence-electron chi connectivity index (χ3n) is 2.45. The van der Waals surface area contributed by atoms with Gasteiger partial charge >= 0.3 is 17.9 Å². The van der Waals surface area contributed by atoms with Crippen LogP contribution in [0.3, 0.4) is 0 Å². The SMILES string of the molecule is O=Cc1ccc(COC(=O)CC(O)(CC(=O)O)C(=O)O)o1. The normalized spacial score (nSPS) is 13.2. The Morgan fingerprint density at radius 1 is 1.24 bits per heavy atom. The fourth-order valence-corrected chi connectivity index (χ4v) is 1.44. The van der Waals surface area contributed by atoms with Gasteiger partial charge in [-0.3, -0.25) is 14.4 Å². The van der Waals surface area contributed by atoms with Crippen molar-refractivity contribution in [2.45, 2.75) is 25.0 Å². The molecule has 0 aromatic carbocycles. The first-order valence-corrected chi connectivity index (χ1v) is 5.64. The third kappa shape index (κ3) is 4.73. The van der Waals surface area contributed by atoms with Crippen molar-refractivity contribution in [1.29, 1.82) is 0 Å². The molecular weight excluding hydrogens is 288 g/mol. The van der Waals surface area contributed by atoms with Gasteiger partial charge in [-0.2, -0.15) is 0 Å². The minimum absolute atomic E-state index is 0.0222. The molecule has 0 amide bonds. The van der Waals surface area contributed by atoms with Gasteiger partial charge in [0.15, 0.2) is 17.6 Å². The van der Waals surface area contributed by atoms with E-state index in [1.165, 1.54) is 12.1 Å². The van der Waals surface area contributed by atoms with Crippen molar-refractivity contribution in [1.82, 2.24) is 0 Å². The van der Waals surface area contributed by atoms with Gasteiger partial charge in [0.2, 0.25) is 0 Å². The predicted octanol–water partition coefficient (Wildman–Crippen LogP) is -0.184. The first-order chi connectivity index (χ1) is 9.76. The molecule has 0 spiro atoms. The molecule has 1 heterocycles. The van der Waals surface area contributed by atoms with Crippen LogP contribution in [-0.2, 0) is 25.7 Å². The number of aliphatic hydroxyl groups is 1. The fourth-order valence-electron chi connectivity index (χ4n) is 1.44. The summed E-state index contributed by atoms with van der Waals surface area (Å²) in [5.74, 6) is -4.38. The molecule has 0 radical (unpaired) electrons. The van der Waals surface area contributed by atoms with E-state index in [0.29, 0.717) is 6.29 Å².